The number of nitrogens with zero attached hydrogens (tertiary/aromatic N) is 2. The lowest BCUT2D eigenvalue weighted by atomic mass is 10.3. The molecule has 8 heteroatoms. The first-order valence-corrected chi connectivity index (χ1v) is 8.44. The van der Waals surface area contributed by atoms with Crippen molar-refractivity contribution < 1.29 is 13.2 Å². The van der Waals surface area contributed by atoms with Gasteiger partial charge in [-0.05, 0) is 26.3 Å². The number of amides is 1. The van der Waals surface area contributed by atoms with Gasteiger partial charge in [0.05, 0.1) is 5.75 Å². The van der Waals surface area contributed by atoms with E-state index in [1.807, 2.05) is 7.05 Å². The van der Waals surface area contributed by atoms with E-state index in [9.17, 15) is 13.2 Å². The van der Waals surface area contributed by atoms with E-state index in [1.54, 1.807) is 16.3 Å². The average Bonchev–Trinajstić information content (AvgIpc) is 2.90. The number of halogens is 1. The summed E-state index contributed by atoms with van der Waals surface area (Å²) in [6.45, 7) is 2.67. The zero-order valence-electron chi connectivity index (χ0n) is 12.3. The van der Waals surface area contributed by atoms with E-state index in [2.05, 4.69) is 5.32 Å². The van der Waals surface area contributed by atoms with E-state index in [4.69, 9.17) is 0 Å². The van der Waals surface area contributed by atoms with Crippen molar-refractivity contribution in [3.05, 3.63) is 0 Å². The maximum Gasteiger partial charge on any atom is 0.222 e. The summed E-state index contributed by atoms with van der Waals surface area (Å²) in [6.07, 6.45) is 2.60. The standard InChI is InChI=1S/C12H25N3O3S.ClH/c1-13-7-10-14(2)12(16)6-5-11-19(17,18)15-8-3-4-9-15;/h13H,3-11H2,1-2H3;1H. The normalized spacial score (nSPS) is 15.9. The van der Waals surface area contributed by atoms with Gasteiger partial charge < -0.3 is 10.2 Å². The van der Waals surface area contributed by atoms with Crippen LogP contribution in [0.2, 0.25) is 0 Å². The van der Waals surface area contributed by atoms with Crippen molar-refractivity contribution in [1.82, 2.24) is 14.5 Å². The first-order chi connectivity index (χ1) is 8.97. The molecule has 0 aliphatic carbocycles. The Morgan fingerprint density at radius 1 is 1.30 bits per heavy atom. The lowest BCUT2D eigenvalue weighted by Crippen LogP contribution is -2.34. The van der Waals surface area contributed by atoms with Gasteiger partial charge in [-0.25, -0.2) is 12.7 Å². The maximum absolute atomic E-state index is 11.9. The number of likely N-dealkylation sites (N-methyl/N-ethyl adjacent to an activating group) is 2. The summed E-state index contributed by atoms with van der Waals surface area (Å²) in [5.41, 5.74) is 0. The number of sulfonamides is 1. The van der Waals surface area contributed by atoms with E-state index >= 15 is 0 Å². The molecule has 1 rings (SSSR count). The lowest BCUT2D eigenvalue weighted by Gasteiger charge is -2.18. The van der Waals surface area contributed by atoms with Gasteiger partial charge in [-0.15, -0.1) is 12.4 Å². The number of hydrogen-bond acceptors (Lipinski definition) is 4. The number of carbonyl (C=O) groups excluding carboxylic acids is 1. The second kappa shape index (κ2) is 9.55. The molecule has 0 unspecified atom stereocenters. The Balaban J connectivity index is 0.00000361. The van der Waals surface area contributed by atoms with Crippen LogP contribution in [0.3, 0.4) is 0 Å². The van der Waals surface area contributed by atoms with Gasteiger partial charge in [-0.1, -0.05) is 0 Å². The number of carbonyl (C=O) groups is 1. The van der Waals surface area contributed by atoms with E-state index in [-0.39, 0.29) is 24.1 Å². The summed E-state index contributed by atoms with van der Waals surface area (Å²) in [5.74, 6) is 0.0883. The van der Waals surface area contributed by atoms with Crippen LogP contribution in [0.5, 0.6) is 0 Å². The van der Waals surface area contributed by atoms with Crippen LogP contribution in [0.1, 0.15) is 25.7 Å². The average molecular weight is 328 g/mol. The largest absolute Gasteiger partial charge is 0.344 e. The zero-order valence-corrected chi connectivity index (χ0v) is 13.9. The minimum Gasteiger partial charge on any atom is -0.344 e. The molecule has 0 bridgehead atoms. The van der Waals surface area contributed by atoms with Gasteiger partial charge >= 0.3 is 0 Å². The van der Waals surface area contributed by atoms with Gasteiger partial charge in [0.1, 0.15) is 0 Å². The SMILES string of the molecule is CNCCN(C)C(=O)CCCS(=O)(=O)N1CCCC1.Cl. The highest BCUT2D eigenvalue weighted by Crippen LogP contribution is 2.14. The monoisotopic (exact) mass is 327 g/mol. The Kier molecular flexibility index (Phi) is 9.37. The molecule has 0 aromatic carbocycles. The molecular formula is C12H26ClN3O3S. The second-order valence-electron chi connectivity index (χ2n) is 4.94. The third-order valence-electron chi connectivity index (χ3n) is 3.37. The topological polar surface area (TPSA) is 69.7 Å². The minimum atomic E-state index is -3.15. The van der Waals surface area contributed by atoms with Crippen molar-refractivity contribution >= 4 is 28.3 Å². The predicted molar refractivity (Wildman–Crippen MR) is 82.6 cm³/mol. The molecule has 6 nitrogen and oxygen atoms in total. The molecule has 0 saturated carbocycles. The Labute approximate surface area is 128 Å². The molecule has 1 saturated heterocycles. The summed E-state index contributed by atoms with van der Waals surface area (Å²) in [7, 11) is 0.431. The molecule has 0 spiro atoms. The molecule has 1 amide bonds. The first kappa shape index (κ1) is 19.6. The van der Waals surface area contributed by atoms with E-state index in [0.717, 1.165) is 19.4 Å². The molecule has 0 aromatic heterocycles. The number of nitrogens with one attached hydrogen (secondary N) is 1. The van der Waals surface area contributed by atoms with Crippen LogP contribution in [0.4, 0.5) is 0 Å². The van der Waals surface area contributed by atoms with Gasteiger partial charge in [0.25, 0.3) is 0 Å². The number of rotatable bonds is 8. The fourth-order valence-electron chi connectivity index (χ4n) is 2.10. The molecule has 1 aliphatic heterocycles. The molecule has 1 fully saturated rings. The molecule has 1 N–H and O–H groups in total. The maximum atomic E-state index is 11.9. The molecular weight excluding hydrogens is 302 g/mol. The summed E-state index contributed by atoms with van der Waals surface area (Å²) < 4.78 is 25.4. The summed E-state index contributed by atoms with van der Waals surface area (Å²) >= 11 is 0. The van der Waals surface area contributed by atoms with Crippen molar-refractivity contribution in [3.63, 3.8) is 0 Å². The predicted octanol–water partition coefficient (Wildman–Crippen LogP) is 0.292. The third-order valence-corrected chi connectivity index (χ3v) is 5.33. The van der Waals surface area contributed by atoms with Crippen LogP contribution in [-0.4, -0.2) is 69.6 Å². The zero-order chi connectivity index (χ0) is 14.3. The van der Waals surface area contributed by atoms with Crippen LogP contribution < -0.4 is 5.32 Å². The molecule has 1 heterocycles. The highest BCUT2D eigenvalue weighted by molar-refractivity contribution is 7.89. The van der Waals surface area contributed by atoms with Gasteiger partial charge in [0.2, 0.25) is 15.9 Å². The van der Waals surface area contributed by atoms with E-state index in [1.165, 1.54) is 0 Å². The van der Waals surface area contributed by atoms with E-state index in [0.29, 0.717) is 32.5 Å². The van der Waals surface area contributed by atoms with E-state index < -0.39 is 10.0 Å². The van der Waals surface area contributed by atoms with Crippen molar-refractivity contribution in [1.29, 1.82) is 0 Å². The Hall–Kier alpha value is -0.370. The van der Waals surface area contributed by atoms with Gasteiger partial charge in [-0.3, -0.25) is 4.79 Å². The molecule has 1 aliphatic rings. The van der Waals surface area contributed by atoms with Crippen molar-refractivity contribution in [2.75, 3.05) is 46.0 Å². The summed E-state index contributed by atoms with van der Waals surface area (Å²) in [4.78, 5) is 13.4. The number of hydrogen-bond donors (Lipinski definition) is 1. The molecule has 0 atom stereocenters. The van der Waals surface area contributed by atoms with Crippen molar-refractivity contribution in [2.24, 2.45) is 0 Å². The smallest absolute Gasteiger partial charge is 0.222 e. The Bertz CT molecular complexity index is 383. The molecule has 120 valence electrons. The summed E-state index contributed by atoms with van der Waals surface area (Å²) in [6, 6.07) is 0. The third kappa shape index (κ3) is 6.39. The Morgan fingerprint density at radius 2 is 1.90 bits per heavy atom. The Morgan fingerprint density at radius 3 is 2.45 bits per heavy atom. The minimum absolute atomic E-state index is 0. The second-order valence-corrected chi connectivity index (χ2v) is 7.03. The van der Waals surface area contributed by atoms with Gasteiger partial charge in [0, 0.05) is 39.6 Å². The van der Waals surface area contributed by atoms with Crippen LogP contribution in [0.15, 0.2) is 0 Å². The quantitative estimate of drug-likeness (QED) is 0.696. The van der Waals surface area contributed by atoms with Crippen LogP contribution >= 0.6 is 12.4 Å². The van der Waals surface area contributed by atoms with Gasteiger partial charge in [0.15, 0.2) is 0 Å². The van der Waals surface area contributed by atoms with Crippen LogP contribution in [0.25, 0.3) is 0 Å². The van der Waals surface area contributed by atoms with Crippen molar-refractivity contribution in [2.45, 2.75) is 25.7 Å². The van der Waals surface area contributed by atoms with Crippen molar-refractivity contribution in [3.8, 4) is 0 Å². The molecule has 0 radical (unpaired) electrons. The first-order valence-electron chi connectivity index (χ1n) is 6.84. The highest BCUT2D eigenvalue weighted by Gasteiger charge is 2.25. The van der Waals surface area contributed by atoms with Crippen LogP contribution in [0, 0.1) is 0 Å². The fraction of sp³-hybridized carbons (Fsp3) is 0.917. The lowest BCUT2D eigenvalue weighted by molar-refractivity contribution is -0.129. The van der Waals surface area contributed by atoms with Gasteiger partial charge in [-0.2, -0.15) is 0 Å². The molecule has 20 heavy (non-hydrogen) atoms. The van der Waals surface area contributed by atoms with Crippen LogP contribution in [-0.2, 0) is 14.8 Å². The summed E-state index contributed by atoms with van der Waals surface area (Å²) in [5, 5.41) is 2.97. The molecule has 0 aromatic rings. The highest BCUT2D eigenvalue weighted by atomic mass is 35.5. The fourth-order valence-corrected chi connectivity index (χ4v) is 3.68.